The Morgan fingerprint density at radius 2 is 1.79 bits per heavy atom. The molecule has 1 heterocycles. The molecule has 0 radical (unpaired) electrons. The van der Waals surface area contributed by atoms with Gasteiger partial charge in [0.25, 0.3) is 0 Å². The molecule has 0 aliphatic carbocycles. The Kier molecular flexibility index (Phi) is 2.33. The lowest BCUT2D eigenvalue weighted by Gasteiger charge is -2.00. The molecular weight excluding hydrogens is 198 g/mol. The largest absolute Gasteiger partial charge is 0.368 e. The standard InChI is InChI=1S/C10H8ClN3/c11-9-3-1-2-7(4-9)8-5-13-10(12)14-6-8/h1-6H,(H2,12,13,14). The molecule has 0 unspecified atom stereocenters. The second kappa shape index (κ2) is 3.64. The highest BCUT2D eigenvalue weighted by Gasteiger charge is 1.98. The normalized spacial score (nSPS) is 10.1. The van der Waals surface area contributed by atoms with E-state index in [0.717, 1.165) is 11.1 Å². The van der Waals surface area contributed by atoms with Crippen molar-refractivity contribution in [3.63, 3.8) is 0 Å². The zero-order valence-electron chi connectivity index (χ0n) is 7.31. The SMILES string of the molecule is Nc1ncc(-c2cccc(Cl)c2)cn1. The summed E-state index contributed by atoms with van der Waals surface area (Å²) in [6, 6.07) is 7.51. The molecule has 14 heavy (non-hydrogen) atoms. The number of benzene rings is 1. The highest BCUT2D eigenvalue weighted by atomic mass is 35.5. The van der Waals surface area contributed by atoms with Crippen LogP contribution in [-0.2, 0) is 0 Å². The molecule has 0 aliphatic heterocycles. The predicted molar refractivity (Wildman–Crippen MR) is 56.9 cm³/mol. The number of nitrogens with two attached hydrogens (primary N) is 1. The van der Waals surface area contributed by atoms with E-state index < -0.39 is 0 Å². The molecule has 0 amide bonds. The smallest absolute Gasteiger partial charge is 0.219 e. The first-order valence-corrected chi connectivity index (χ1v) is 4.47. The molecule has 0 atom stereocenters. The number of hydrogen-bond donors (Lipinski definition) is 1. The van der Waals surface area contributed by atoms with Gasteiger partial charge in [-0.25, -0.2) is 9.97 Å². The fraction of sp³-hybridized carbons (Fsp3) is 0. The second-order valence-electron chi connectivity index (χ2n) is 2.84. The van der Waals surface area contributed by atoms with Gasteiger partial charge in [0.2, 0.25) is 5.95 Å². The summed E-state index contributed by atoms with van der Waals surface area (Å²) in [5, 5.41) is 0.694. The Balaban J connectivity index is 2.44. The summed E-state index contributed by atoms with van der Waals surface area (Å²) >= 11 is 5.86. The fourth-order valence-electron chi connectivity index (χ4n) is 1.16. The van der Waals surface area contributed by atoms with E-state index in [2.05, 4.69) is 9.97 Å². The van der Waals surface area contributed by atoms with Crippen LogP contribution in [0.15, 0.2) is 36.7 Å². The van der Waals surface area contributed by atoms with E-state index in [4.69, 9.17) is 17.3 Å². The molecule has 2 rings (SSSR count). The number of nitrogens with zero attached hydrogens (tertiary/aromatic N) is 2. The van der Waals surface area contributed by atoms with Crippen LogP contribution in [0.3, 0.4) is 0 Å². The molecule has 70 valence electrons. The van der Waals surface area contributed by atoms with Gasteiger partial charge in [0.1, 0.15) is 0 Å². The molecule has 0 spiro atoms. The average molecular weight is 206 g/mol. The molecule has 1 aromatic heterocycles. The topological polar surface area (TPSA) is 51.8 Å². The van der Waals surface area contributed by atoms with Crippen molar-refractivity contribution in [2.45, 2.75) is 0 Å². The molecule has 0 aliphatic rings. The fourth-order valence-corrected chi connectivity index (χ4v) is 1.35. The van der Waals surface area contributed by atoms with Crippen molar-refractivity contribution in [2.75, 3.05) is 5.73 Å². The van der Waals surface area contributed by atoms with Crippen LogP contribution in [0.2, 0.25) is 5.02 Å². The van der Waals surface area contributed by atoms with Crippen molar-refractivity contribution in [2.24, 2.45) is 0 Å². The summed E-state index contributed by atoms with van der Waals surface area (Å²) in [5.74, 6) is 0.274. The molecule has 0 saturated heterocycles. The highest BCUT2D eigenvalue weighted by Crippen LogP contribution is 2.21. The van der Waals surface area contributed by atoms with Gasteiger partial charge in [-0.15, -0.1) is 0 Å². The Bertz CT molecular complexity index is 439. The molecule has 2 aromatic rings. The molecular formula is C10H8ClN3. The number of hydrogen-bond acceptors (Lipinski definition) is 3. The van der Waals surface area contributed by atoms with E-state index in [1.165, 1.54) is 0 Å². The zero-order valence-corrected chi connectivity index (χ0v) is 8.07. The third-order valence-electron chi connectivity index (χ3n) is 1.83. The lowest BCUT2D eigenvalue weighted by atomic mass is 10.1. The highest BCUT2D eigenvalue weighted by molar-refractivity contribution is 6.30. The van der Waals surface area contributed by atoms with Crippen LogP contribution < -0.4 is 5.73 Å². The van der Waals surface area contributed by atoms with E-state index in [1.54, 1.807) is 12.4 Å². The van der Waals surface area contributed by atoms with Crippen LogP contribution >= 0.6 is 11.6 Å². The van der Waals surface area contributed by atoms with Gasteiger partial charge in [0.15, 0.2) is 0 Å². The summed E-state index contributed by atoms with van der Waals surface area (Å²) in [6.07, 6.45) is 3.35. The summed E-state index contributed by atoms with van der Waals surface area (Å²) in [6.45, 7) is 0. The monoisotopic (exact) mass is 205 g/mol. The van der Waals surface area contributed by atoms with Gasteiger partial charge in [0.05, 0.1) is 0 Å². The number of rotatable bonds is 1. The molecule has 4 heteroatoms. The first kappa shape index (κ1) is 8.97. The summed E-state index contributed by atoms with van der Waals surface area (Å²) in [4.78, 5) is 7.82. The zero-order chi connectivity index (χ0) is 9.97. The summed E-state index contributed by atoms with van der Waals surface area (Å²) in [5.41, 5.74) is 7.27. The molecule has 0 fully saturated rings. The van der Waals surface area contributed by atoms with Crippen molar-refractivity contribution >= 4 is 17.5 Å². The number of aromatic nitrogens is 2. The van der Waals surface area contributed by atoms with Crippen LogP contribution in [0, 0.1) is 0 Å². The average Bonchev–Trinajstić information content (AvgIpc) is 2.19. The molecule has 0 bridgehead atoms. The van der Waals surface area contributed by atoms with E-state index >= 15 is 0 Å². The van der Waals surface area contributed by atoms with Gasteiger partial charge in [0, 0.05) is 23.0 Å². The Morgan fingerprint density at radius 1 is 1.07 bits per heavy atom. The van der Waals surface area contributed by atoms with Gasteiger partial charge >= 0.3 is 0 Å². The molecule has 0 saturated carbocycles. The minimum absolute atomic E-state index is 0.274. The van der Waals surface area contributed by atoms with Crippen LogP contribution in [0.5, 0.6) is 0 Å². The third kappa shape index (κ3) is 1.83. The minimum atomic E-state index is 0.274. The van der Waals surface area contributed by atoms with Crippen molar-refractivity contribution in [3.05, 3.63) is 41.7 Å². The van der Waals surface area contributed by atoms with E-state index in [1.807, 2.05) is 24.3 Å². The van der Waals surface area contributed by atoms with Crippen LogP contribution in [0.4, 0.5) is 5.95 Å². The van der Waals surface area contributed by atoms with Crippen molar-refractivity contribution in [1.29, 1.82) is 0 Å². The lowest BCUT2D eigenvalue weighted by Crippen LogP contribution is -1.93. The number of halogens is 1. The van der Waals surface area contributed by atoms with E-state index in [0.29, 0.717) is 5.02 Å². The second-order valence-corrected chi connectivity index (χ2v) is 3.28. The Morgan fingerprint density at radius 3 is 2.43 bits per heavy atom. The first-order chi connectivity index (χ1) is 6.75. The number of nitrogen functional groups attached to an aromatic ring is 1. The van der Waals surface area contributed by atoms with E-state index in [9.17, 15) is 0 Å². The van der Waals surface area contributed by atoms with Gasteiger partial charge in [-0.05, 0) is 17.7 Å². The van der Waals surface area contributed by atoms with Gasteiger partial charge < -0.3 is 5.73 Å². The predicted octanol–water partition coefficient (Wildman–Crippen LogP) is 2.38. The Labute approximate surface area is 86.6 Å². The molecule has 2 N–H and O–H groups in total. The summed E-state index contributed by atoms with van der Waals surface area (Å²) < 4.78 is 0. The summed E-state index contributed by atoms with van der Waals surface area (Å²) in [7, 11) is 0. The van der Waals surface area contributed by atoms with Crippen molar-refractivity contribution in [3.8, 4) is 11.1 Å². The van der Waals surface area contributed by atoms with Crippen LogP contribution in [-0.4, -0.2) is 9.97 Å². The third-order valence-corrected chi connectivity index (χ3v) is 2.06. The van der Waals surface area contributed by atoms with Crippen molar-refractivity contribution < 1.29 is 0 Å². The van der Waals surface area contributed by atoms with Crippen molar-refractivity contribution in [1.82, 2.24) is 9.97 Å². The minimum Gasteiger partial charge on any atom is -0.368 e. The van der Waals surface area contributed by atoms with Crippen LogP contribution in [0.25, 0.3) is 11.1 Å². The van der Waals surface area contributed by atoms with Gasteiger partial charge in [-0.3, -0.25) is 0 Å². The van der Waals surface area contributed by atoms with Gasteiger partial charge in [-0.1, -0.05) is 23.7 Å². The maximum absolute atomic E-state index is 5.86. The Hall–Kier alpha value is -1.61. The van der Waals surface area contributed by atoms with Gasteiger partial charge in [-0.2, -0.15) is 0 Å². The first-order valence-electron chi connectivity index (χ1n) is 4.09. The maximum atomic E-state index is 5.86. The molecule has 1 aromatic carbocycles. The van der Waals surface area contributed by atoms with Crippen LogP contribution in [0.1, 0.15) is 0 Å². The van der Waals surface area contributed by atoms with E-state index in [-0.39, 0.29) is 5.95 Å². The molecule has 3 nitrogen and oxygen atoms in total. The number of anilines is 1. The quantitative estimate of drug-likeness (QED) is 0.778. The maximum Gasteiger partial charge on any atom is 0.219 e. The lowest BCUT2D eigenvalue weighted by molar-refractivity contribution is 1.19.